The number of aromatic nitrogens is 2. The molecule has 6 nitrogen and oxygen atoms in total. The second-order valence-corrected chi connectivity index (χ2v) is 3.75. The van der Waals surface area contributed by atoms with Gasteiger partial charge in [0.2, 0.25) is 11.7 Å². The van der Waals surface area contributed by atoms with Gasteiger partial charge >= 0.3 is 0 Å². The number of ether oxygens (including phenoxy) is 2. The molecule has 90 valence electrons. The Morgan fingerprint density at radius 3 is 3.06 bits per heavy atom. The number of aliphatic hydroxyl groups is 1. The van der Waals surface area contributed by atoms with Crippen molar-refractivity contribution in [2.24, 2.45) is 0 Å². The molecule has 0 saturated carbocycles. The Kier molecular flexibility index (Phi) is 3.87. The molecule has 1 saturated heterocycles. The van der Waals surface area contributed by atoms with Crippen LogP contribution in [0, 0.1) is 0 Å². The molecule has 1 N–H and O–H groups in total. The summed E-state index contributed by atoms with van der Waals surface area (Å²) in [7, 11) is 0. The molecule has 0 amide bonds. The van der Waals surface area contributed by atoms with Gasteiger partial charge in [-0.15, -0.1) is 0 Å². The number of nitrogens with zero attached hydrogens (tertiary/aromatic N) is 2. The largest absolute Gasteiger partial charge is 0.393 e. The van der Waals surface area contributed by atoms with E-state index in [1.807, 2.05) is 6.92 Å². The fourth-order valence-corrected chi connectivity index (χ4v) is 1.46. The molecule has 1 aliphatic heterocycles. The molecule has 0 bridgehead atoms. The third kappa shape index (κ3) is 2.78. The van der Waals surface area contributed by atoms with Crippen molar-refractivity contribution < 1.29 is 19.1 Å². The van der Waals surface area contributed by atoms with Gasteiger partial charge in [-0.2, -0.15) is 4.98 Å². The summed E-state index contributed by atoms with van der Waals surface area (Å²) in [5.41, 5.74) is 0. The minimum Gasteiger partial charge on any atom is -0.393 e. The third-order valence-corrected chi connectivity index (χ3v) is 2.47. The van der Waals surface area contributed by atoms with Gasteiger partial charge in [0.25, 0.3) is 0 Å². The van der Waals surface area contributed by atoms with E-state index in [0.29, 0.717) is 44.4 Å². The van der Waals surface area contributed by atoms with Gasteiger partial charge in [0, 0.05) is 0 Å². The van der Waals surface area contributed by atoms with Gasteiger partial charge in [0.05, 0.1) is 32.3 Å². The van der Waals surface area contributed by atoms with Gasteiger partial charge in [0.1, 0.15) is 6.10 Å². The number of rotatable bonds is 4. The fraction of sp³-hybridized carbons (Fsp3) is 0.800. The minimum atomic E-state index is -0.433. The van der Waals surface area contributed by atoms with Crippen LogP contribution in [0.2, 0.25) is 0 Å². The summed E-state index contributed by atoms with van der Waals surface area (Å²) in [5.74, 6) is 0.941. The lowest BCUT2D eigenvalue weighted by atomic mass is 10.2. The average Bonchev–Trinajstić information content (AvgIpc) is 2.78. The molecule has 1 fully saturated rings. The molecular weight excluding hydrogens is 212 g/mol. The lowest BCUT2D eigenvalue weighted by Gasteiger charge is -2.19. The summed E-state index contributed by atoms with van der Waals surface area (Å²) < 4.78 is 15.7. The van der Waals surface area contributed by atoms with E-state index in [-0.39, 0.29) is 6.10 Å². The van der Waals surface area contributed by atoms with E-state index < -0.39 is 6.10 Å². The van der Waals surface area contributed by atoms with Crippen molar-refractivity contribution in [2.45, 2.75) is 32.0 Å². The molecule has 6 heteroatoms. The van der Waals surface area contributed by atoms with Crippen LogP contribution in [0.4, 0.5) is 0 Å². The van der Waals surface area contributed by atoms with Crippen molar-refractivity contribution in [1.82, 2.24) is 10.1 Å². The molecule has 1 aromatic heterocycles. The maximum atomic E-state index is 9.45. The fourth-order valence-electron chi connectivity index (χ4n) is 1.46. The lowest BCUT2D eigenvalue weighted by molar-refractivity contribution is -0.0941. The zero-order chi connectivity index (χ0) is 11.4. The molecule has 16 heavy (non-hydrogen) atoms. The normalized spacial score (nSPS) is 23.2. The zero-order valence-corrected chi connectivity index (χ0v) is 9.26. The first-order valence-electron chi connectivity index (χ1n) is 5.49. The molecule has 1 aromatic rings. The highest BCUT2D eigenvalue weighted by Gasteiger charge is 2.22. The van der Waals surface area contributed by atoms with E-state index in [2.05, 4.69) is 10.1 Å². The monoisotopic (exact) mass is 228 g/mol. The summed E-state index contributed by atoms with van der Waals surface area (Å²) in [6.07, 6.45) is 0.375. The van der Waals surface area contributed by atoms with Crippen LogP contribution in [0.25, 0.3) is 0 Å². The first-order valence-corrected chi connectivity index (χ1v) is 5.49. The first kappa shape index (κ1) is 11.5. The van der Waals surface area contributed by atoms with Crippen molar-refractivity contribution in [3.8, 4) is 0 Å². The maximum Gasteiger partial charge on any atom is 0.229 e. The van der Waals surface area contributed by atoms with Crippen LogP contribution in [-0.4, -0.2) is 41.2 Å². The van der Waals surface area contributed by atoms with Gasteiger partial charge in [-0.05, 0) is 6.42 Å². The van der Waals surface area contributed by atoms with Crippen molar-refractivity contribution in [2.75, 3.05) is 19.8 Å². The number of hydrogen-bond donors (Lipinski definition) is 1. The zero-order valence-electron chi connectivity index (χ0n) is 9.26. The minimum absolute atomic E-state index is 0.245. The smallest absolute Gasteiger partial charge is 0.229 e. The molecular formula is C10H16N2O4. The SMILES string of the molecule is CCC(O)Cc1nc(C2COCCO2)no1. The predicted molar refractivity (Wildman–Crippen MR) is 53.8 cm³/mol. The molecule has 1 aliphatic rings. The van der Waals surface area contributed by atoms with Gasteiger partial charge in [-0.1, -0.05) is 12.1 Å². The van der Waals surface area contributed by atoms with Gasteiger partial charge in [-0.25, -0.2) is 0 Å². The van der Waals surface area contributed by atoms with Crippen LogP contribution in [0.15, 0.2) is 4.52 Å². The summed E-state index contributed by atoms with van der Waals surface area (Å²) in [6, 6.07) is 0. The van der Waals surface area contributed by atoms with E-state index in [4.69, 9.17) is 14.0 Å². The van der Waals surface area contributed by atoms with Crippen LogP contribution in [0.5, 0.6) is 0 Å². The van der Waals surface area contributed by atoms with Crippen LogP contribution >= 0.6 is 0 Å². The topological polar surface area (TPSA) is 77.6 Å². The molecule has 2 atom stereocenters. The van der Waals surface area contributed by atoms with E-state index >= 15 is 0 Å². The van der Waals surface area contributed by atoms with Crippen molar-refractivity contribution >= 4 is 0 Å². The van der Waals surface area contributed by atoms with Gasteiger partial charge in [-0.3, -0.25) is 0 Å². The van der Waals surface area contributed by atoms with Crippen molar-refractivity contribution in [3.05, 3.63) is 11.7 Å². The van der Waals surface area contributed by atoms with E-state index in [1.165, 1.54) is 0 Å². The Balaban J connectivity index is 1.95. The van der Waals surface area contributed by atoms with Crippen LogP contribution in [-0.2, 0) is 15.9 Å². The lowest BCUT2D eigenvalue weighted by Crippen LogP contribution is -2.22. The first-order chi connectivity index (χ1) is 7.79. The molecule has 0 radical (unpaired) electrons. The Morgan fingerprint density at radius 1 is 1.50 bits per heavy atom. The van der Waals surface area contributed by atoms with Crippen LogP contribution in [0.1, 0.15) is 31.2 Å². The van der Waals surface area contributed by atoms with Crippen molar-refractivity contribution in [3.63, 3.8) is 0 Å². The second-order valence-electron chi connectivity index (χ2n) is 3.75. The predicted octanol–water partition coefficient (Wildman–Crippen LogP) is 0.471. The molecule has 0 aliphatic carbocycles. The molecule has 0 spiro atoms. The van der Waals surface area contributed by atoms with Gasteiger partial charge < -0.3 is 19.1 Å². The van der Waals surface area contributed by atoms with Crippen LogP contribution in [0.3, 0.4) is 0 Å². The Morgan fingerprint density at radius 2 is 2.38 bits per heavy atom. The van der Waals surface area contributed by atoms with Crippen molar-refractivity contribution in [1.29, 1.82) is 0 Å². The summed E-state index contributed by atoms with van der Waals surface area (Å²) in [4.78, 5) is 4.18. The molecule has 2 rings (SSSR count). The number of hydrogen-bond acceptors (Lipinski definition) is 6. The van der Waals surface area contributed by atoms with Crippen LogP contribution < -0.4 is 0 Å². The highest BCUT2D eigenvalue weighted by Crippen LogP contribution is 2.18. The summed E-state index contributed by atoms with van der Waals surface area (Å²) in [6.45, 7) is 3.51. The van der Waals surface area contributed by atoms with E-state index in [0.717, 1.165) is 0 Å². The Labute approximate surface area is 93.6 Å². The third-order valence-electron chi connectivity index (χ3n) is 2.47. The summed E-state index contributed by atoms with van der Waals surface area (Å²) in [5, 5.41) is 13.3. The van der Waals surface area contributed by atoms with E-state index in [9.17, 15) is 5.11 Å². The Hall–Kier alpha value is -0.980. The second kappa shape index (κ2) is 5.38. The average molecular weight is 228 g/mol. The molecule has 2 heterocycles. The standard InChI is InChI=1S/C10H16N2O4/c1-2-7(13)5-9-11-10(12-16-9)8-6-14-3-4-15-8/h7-8,13H,2-6H2,1H3. The number of aliphatic hydroxyl groups excluding tert-OH is 1. The Bertz CT molecular complexity index is 322. The quantitative estimate of drug-likeness (QED) is 0.807. The molecule has 0 aromatic carbocycles. The highest BCUT2D eigenvalue weighted by atomic mass is 16.6. The summed E-state index contributed by atoms with van der Waals surface area (Å²) >= 11 is 0. The maximum absolute atomic E-state index is 9.45. The molecule has 2 unspecified atom stereocenters. The highest BCUT2D eigenvalue weighted by molar-refractivity contribution is 4.93. The van der Waals surface area contributed by atoms with Gasteiger partial charge in [0.15, 0.2) is 0 Å². The van der Waals surface area contributed by atoms with E-state index in [1.54, 1.807) is 0 Å².